The molecule has 0 amide bonds. The smallest absolute Gasteiger partial charge is 0.113 e. The summed E-state index contributed by atoms with van der Waals surface area (Å²) in [7, 11) is 0. The molecule has 0 aliphatic heterocycles. The first kappa shape index (κ1) is 18.3. The Kier molecular flexibility index (Phi) is 4.16. The molecule has 148 valence electrons. The summed E-state index contributed by atoms with van der Waals surface area (Å²) in [6, 6.07) is 4.23. The minimum Gasteiger partial charge on any atom is -0.264 e. The molecule has 0 spiro atoms. The van der Waals surface area contributed by atoms with Gasteiger partial charge in [0.15, 0.2) is 0 Å². The maximum Gasteiger partial charge on any atom is 0.113 e. The van der Waals surface area contributed by atoms with Crippen molar-refractivity contribution in [2.45, 2.75) is 71.8 Å². The van der Waals surface area contributed by atoms with Gasteiger partial charge in [-0.2, -0.15) is 4.91 Å². The molecule has 6 atom stereocenters. The Labute approximate surface area is 168 Å². The van der Waals surface area contributed by atoms with Crippen molar-refractivity contribution in [3.63, 3.8) is 0 Å². The molecule has 3 heteroatoms. The molecule has 2 saturated carbocycles. The van der Waals surface area contributed by atoms with E-state index in [1.165, 1.54) is 43.2 Å². The van der Waals surface area contributed by atoms with Gasteiger partial charge in [-0.1, -0.05) is 36.7 Å². The van der Waals surface area contributed by atoms with Crippen LogP contribution in [0.2, 0.25) is 0 Å². The van der Waals surface area contributed by atoms with Crippen LogP contribution in [-0.4, -0.2) is 11.0 Å². The summed E-state index contributed by atoms with van der Waals surface area (Å²) in [6.07, 6.45) is 14.8. The van der Waals surface area contributed by atoms with Gasteiger partial charge in [-0.25, -0.2) is 0 Å². The Hall–Kier alpha value is -1.77. The molecule has 4 aliphatic carbocycles. The van der Waals surface area contributed by atoms with Crippen LogP contribution in [0.15, 0.2) is 46.9 Å². The van der Waals surface area contributed by atoms with Crippen molar-refractivity contribution in [1.29, 1.82) is 0 Å². The predicted octanol–water partition coefficient (Wildman–Crippen LogP) is 6.56. The summed E-state index contributed by atoms with van der Waals surface area (Å²) in [6.45, 7) is 7.21. The molecule has 0 bridgehead atoms. The first-order chi connectivity index (χ1) is 13.5. The van der Waals surface area contributed by atoms with E-state index in [-0.39, 0.29) is 11.5 Å². The fourth-order valence-electron chi connectivity index (χ4n) is 7.81. The Morgan fingerprint density at radius 1 is 1.11 bits per heavy atom. The molecule has 0 N–H and O–H groups in total. The summed E-state index contributed by atoms with van der Waals surface area (Å²) in [4.78, 5) is 15.7. The number of allylic oxidation sites excluding steroid dienone is 3. The number of rotatable bonds is 2. The number of fused-ring (bicyclic) bond motifs is 5. The van der Waals surface area contributed by atoms with Gasteiger partial charge in [0, 0.05) is 12.4 Å². The monoisotopic (exact) mass is 376 g/mol. The second-order valence-electron chi connectivity index (χ2n) is 10.2. The van der Waals surface area contributed by atoms with Crippen molar-refractivity contribution in [2.75, 3.05) is 0 Å². The molecule has 2 fully saturated rings. The molecule has 0 saturated heterocycles. The molecule has 28 heavy (non-hydrogen) atoms. The minimum absolute atomic E-state index is 0.0705. The molecular formula is C25H32N2O. The van der Waals surface area contributed by atoms with Crippen LogP contribution in [0.4, 0.5) is 0 Å². The molecule has 3 nitrogen and oxygen atoms in total. The lowest BCUT2D eigenvalue weighted by Gasteiger charge is -2.58. The van der Waals surface area contributed by atoms with Gasteiger partial charge in [-0.3, -0.25) is 4.98 Å². The quantitative estimate of drug-likeness (QED) is 0.433. The van der Waals surface area contributed by atoms with Crippen molar-refractivity contribution in [3.8, 4) is 0 Å². The van der Waals surface area contributed by atoms with E-state index in [0.717, 1.165) is 30.6 Å². The van der Waals surface area contributed by atoms with Crippen LogP contribution in [0.3, 0.4) is 0 Å². The lowest BCUT2D eigenvalue weighted by molar-refractivity contribution is -0.0237. The molecule has 1 aromatic heterocycles. The van der Waals surface area contributed by atoms with E-state index in [1.54, 1.807) is 11.1 Å². The second-order valence-corrected chi connectivity index (χ2v) is 10.2. The molecule has 1 unspecified atom stereocenters. The number of nitrogens with zero attached hydrogens (tertiary/aromatic N) is 2. The van der Waals surface area contributed by atoms with Crippen molar-refractivity contribution in [1.82, 2.24) is 4.98 Å². The van der Waals surface area contributed by atoms with Crippen molar-refractivity contribution >= 4 is 5.57 Å². The van der Waals surface area contributed by atoms with Gasteiger partial charge < -0.3 is 0 Å². The fraction of sp³-hybridized carbons (Fsp3) is 0.640. The number of pyridine rings is 1. The largest absolute Gasteiger partial charge is 0.264 e. The van der Waals surface area contributed by atoms with E-state index < -0.39 is 0 Å². The summed E-state index contributed by atoms with van der Waals surface area (Å²) >= 11 is 0. The van der Waals surface area contributed by atoms with Gasteiger partial charge in [-0.15, -0.1) is 0 Å². The Morgan fingerprint density at radius 2 is 1.93 bits per heavy atom. The third-order valence-corrected chi connectivity index (χ3v) is 9.27. The average Bonchev–Trinajstić information content (AvgIpc) is 3.06. The Bertz CT molecular complexity index is 857. The van der Waals surface area contributed by atoms with Gasteiger partial charge in [0.1, 0.15) is 6.04 Å². The van der Waals surface area contributed by atoms with Crippen LogP contribution in [0.25, 0.3) is 5.57 Å². The zero-order valence-corrected chi connectivity index (χ0v) is 17.4. The second kappa shape index (κ2) is 6.37. The van der Waals surface area contributed by atoms with Crippen LogP contribution in [0.1, 0.15) is 71.3 Å². The SMILES string of the molecule is CC1=C2CC[C@@H]3[C@H](CC[C@]4(C)C(c5cccnc5)=CC[C@@H]34)[C@@]2(C)CCC1N=O. The van der Waals surface area contributed by atoms with E-state index in [2.05, 4.69) is 49.1 Å². The van der Waals surface area contributed by atoms with Crippen LogP contribution in [-0.2, 0) is 0 Å². The molecule has 5 rings (SSSR count). The predicted molar refractivity (Wildman–Crippen MR) is 114 cm³/mol. The summed E-state index contributed by atoms with van der Waals surface area (Å²) in [5.41, 5.74) is 6.33. The van der Waals surface area contributed by atoms with Gasteiger partial charge in [0.25, 0.3) is 0 Å². The number of hydrogen-bond donors (Lipinski definition) is 0. The van der Waals surface area contributed by atoms with Gasteiger partial charge in [-0.05, 0) is 103 Å². The lowest BCUT2D eigenvalue weighted by Crippen LogP contribution is -2.50. The standard InChI is InChI=1S/C25H32N2O/c1-16-19-7-6-18-21-9-8-20(17-5-4-14-26-15-17)25(21,3)12-10-22(18)24(19,2)13-11-23(16)27-28/h4-5,8,14-15,18,21-23H,6-7,9-13H2,1-3H3/t18-,21-,22-,23?,24-,25+/m0/s1. The first-order valence-electron chi connectivity index (χ1n) is 11.1. The molecule has 1 heterocycles. The highest BCUT2D eigenvalue weighted by Gasteiger charge is 2.57. The zero-order valence-electron chi connectivity index (χ0n) is 17.4. The number of nitroso groups, excluding NO2 is 1. The Morgan fingerprint density at radius 3 is 2.68 bits per heavy atom. The van der Waals surface area contributed by atoms with Gasteiger partial charge >= 0.3 is 0 Å². The summed E-state index contributed by atoms with van der Waals surface area (Å²) in [5, 5.41) is 3.44. The van der Waals surface area contributed by atoms with Crippen molar-refractivity contribution < 1.29 is 0 Å². The normalized spacial score (nSPS) is 42.3. The lowest BCUT2D eigenvalue weighted by atomic mass is 9.46. The van der Waals surface area contributed by atoms with Crippen LogP contribution in [0, 0.1) is 33.5 Å². The highest BCUT2D eigenvalue weighted by atomic mass is 16.3. The van der Waals surface area contributed by atoms with E-state index in [4.69, 9.17) is 0 Å². The Balaban J connectivity index is 1.48. The zero-order chi connectivity index (χ0) is 19.5. The van der Waals surface area contributed by atoms with Crippen LogP contribution < -0.4 is 0 Å². The van der Waals surface area contributed by atoms with E-state index in [9.17, 15) is 4.91 Å². The number of aromatic nitrogens is 1. The van der Waals surface area contributed by atoms with E-state index >= 15 is 0 Å². The number of hydrogen-bond acceptors (Lipinski definition) is 3. The molecular weight excluding hydrogens is 344 g/mol. The maximum atomic E-state index is 11.3. The third-order valence-electron chi connectivity index (χ3n) is 9.27. The third kappa shape index (κ3) is 2.37. The summed E-state index contributed by atoms with van der Waals surface area (Å²) < 4.78 is 0. The molecule has 4 aliphatic rings. The molecule has 0 aromatic carbocycles. The van der Waals surface area contributed by atoms with Crippen LogP contribution in [0.5, 0.6) is 0 Å². The van der Waals surface area contributed by atoms with Crippen LogP contribution >= 0.6 is 0 Å². The van der Waals surface area contributed by atoms with E-state index in [0.29, 0.717) is 5.41 Å². The average molecular weight is 377 g/mol. The van der Waals surface area contributed by atoms with Gasteiger partial charge in [0.05, 0.1) is 0 Å². The fourth-order valence-corrected chi connectivity index (χ4v) is 7.81. The topological polar surface area (TPSA) is 42.3 Å². The maximum absolute atomic E-state index is 11.3. The highest BCUT2D eigenvalue weighted by molar-refractivity contribution is 5.72. The van der Waals surface area contributed by atoms with Gasteiger partial charge in [0.2, 0.25) is 0 Å². The van der Waals surface area contributed by atoms with Crippen molar-refractivity contribution in [2.24, 2.45) is 33.8 Å². The molecule has 0 radical (unpaired) electrons. The first-order valence-corrected chi connectivity index (χ1v) is 11.1. The minimum atomic E-state index is -0.0705. The van der Waals surface area contributed by atoms with Crippen molar-refractivity contribution in [3.05, 3.63) is 52.2 Å². The highest BCUT2D eigenvalue weighted by Crippen LogP contribution is 2.67. The molecule has 1 aromatic rings. The van der Waals surface area contributed by atoms with E-state index in [1.807, 2.05) is 12.4 Å². The summed E-state index contributed by atoms with van der Waals surface area (Å²) in [5.74, 6) is 2.31.